The first-order valence-electron chi connectivity index (χ1n) is 12.9. The standard InChI is InChI=1S/C29H33N9O2/c1-19-13-27(35(4)12-11-34(2)3)28(38(39)40)15-25(19)33-29-30-10-9-24(32-29)23-18-36(5)26-14-20(7-8-22(23)26)21-16-31-37(6)17-21/h7-10,13-18H,11-12H2,1-6H3,(H,30,32,33). The Bertz CT molecular complexity index is 1700. The largest absolute Gasteiger partial charge is 0.368 e. The molecule has 0 bridgehead atoms. The molecule has 40 heavy (non-hydrogen) atoms. The Morgan fingerprint density at radius 3 is 2.52 bits per heavy atom. The second-order valence-corrected chi connectivity index (χ2v) is 10.3. The first kappa shape index (κ1) is 26.8. The molecule has 2 aromatic carbocycles. The number of nitro benzene ring substituents is 1. The zero-order chi connectivity index (χ0) is 28.6. The fraction of sp³-hybridized carbons (Fsp3) is 0.276. The number of benzene rings is 2. The Kier molecular flexibility index (Phi) is 7.22. The number of fused-ring (bicyclic) bond motifs is 1. The number of likely N-dealkylation sites (N-methyl/N-ethyl adjacent to an activating group) is 2. The summed E-state index contributed by atoms with van der Waals surface area (Å²) in [6, 6.07) is 11.6. The highest BCUT2D eigenvalue weighted by Crippen LogP contribution is 2.35. The lowest BCUT2D eigenvalue weighted by Crippen LogP contribution is -2.29. The lowest BCUT2D eigenvalue weighted by molar-refractivity contribution is -0.384. The van der Waals surface area contributed by atoms with Gasteiger partial charge in [0.2, 0.25) is 5.95 Å². The molecule has 0 amide bonds. The molecule has 0 unspecified atom stereocenters. The van der Waals surface area contributed by atoms with E-state index in [2.05, 4.69) is 44.4 Å². The number of hydrogen-bond donors (Lipinski definition) is 1. The monoisotopic (exact) mass is 539 g/mol. The van der Waals surface area contributed by atoms with Gasteiger partial charge in [-0.25, -0.2) is 9.97 Å². The number of anilines is 3. The van der Waals surface area contributed by atoms with Crippen LogP contribution < -0.4 is 10.2 Å². The number of aromatic nitrogens is 5. The third-order valence-electron chi connectivity index (χ3n) is 7.02. The molecule has 0 aliphatic carbocycles. The minimum atomic E-state index is -0.348. The Morgan fingerprint density at radius 1 is 1.02 bits per heavy atom. The van der Waals surface area contributed by atoms with E-state index in [-0.39, 0.29) is 10.6 Å². The molecule has 11 nitrogen and oxygen atoms in total. The van der Waals surface area contributed by atoms with Crippen molar-refractivity contribution in [1.82, 2.24) is 29.2 Å². The fourth-order valence-electron chi connectivity index (χ4n) is 4.77. The first-order valence-corrected chi connectivity index (χ1v) is 12.9. The van der Waals surface area contributed by atoms with E-state index in [1.807, 2.05) is 76.5 Å². The Morgan fingerprint density at radius 2 is 1.82 bits per heavy atom. The van der Waals surface area contributed by atoms with Gasteiger partial charge in [-0.1, -0.05) is 12.1 Å². The topological polar surface area (TPSA) is 110 Å². The summed E-state index contributed by atoms with van der Waals surface area (Å²) in [5.41, 5.74) is 7.00. The van der Waals surface area contributed by atoms with Crippen molar-refractivity contribution in [3.05, 3.63) is 76.9 Å². The van der Waals surface area contributed by atoms with Gasteiger partial charge in [0.05, 0.1) is 22.5 Å². The van der Waals surface area contributed by atoms with Crippen molar-refractivity contribution >= 4 is 33.9 Å². The molecule has 0 fully saturated rings. The van der Waals surface area contributed by atoms with Crippen molar-refractivity contribution in [1.29, 1.82) is 0 Å². The normalized spacial score (nSPS) is 11.4. The van der Waals surface area contributed by atoms with E-state index in [1.54, 1.807) is 16.9 Å². The molecule has 1 N–H and O–H groups in total. The van der Waals surface area contributed by atoms with Crippen LogP contribution >= 0.6 is 0 Å². The zero-order valence-electron chi connectivity index (χ0n) is 23.6. The summed E-state index contributed by atoms with van der Waals surface area (Å²) in [6.07, 6.45) is 7.60. The molecule has 5 aromatic rings. The van der Waals surface area contributed by atoms with E-state index in [9.17, 15) is 10.1 Å². The van der Waals surface area contributed by atoms with E-state index in [1.165, 1.54) is 0 Å². The lowest BCUT2D eigenvalue weighted by Gasteiger charge is -2.22. The number of hydrogen-bond acceptors (Lipinski definition) is 8. The number of nitrogens with zero attached hydrogens (tertiary/aromatic N) is 8. The summed E-state index contributed by atoms with van der Waals surface area (Å²) >= 11 is 0. The summed E-state index contributed by atoms with van der Waals surface area (Å²) in [5, 5.41) is 20.5. The number of nitrogens with one attached hydrogen (secondary N) is 1. The van der Waals surface area contributed by atoms with Gasteiger partial charge in [-0.2, -0.15) is 5.10 Å². The van der Waals surface area contributed by atoms with Crippen LogP contribution in [0.5, 0.6) is 0 Å². The predicted molar refractivity (Wildman–Crippen MR) is 159 cm³/mol. The highest BCUT2D eigenvalue weighted by atomic mass is 16.6. The third kappa shape index (κ3) is 5.36. The molecule has 0 saturated carbocycles. The van der Waals surface area contributed by atoms with Crippen LogP contribution in [0.25, 0.3) is 33.3 Å². The number of nitro groups is 1. The van der Waals surface area contributed by atoms with Crippen molar-refractivity contribution in [3.63, 3.8) is 0 Å². The molecule has 5 rings (SSSR count). The summed E-state index contributed by atoms with van der Waals surface area (Å²) in [6.45, 7) is 3.37. The predicted octanol–water partition coefficient (Wildman–Crippen LogP) is 4.99. The minimum absolute atomic E-state index is 0.0315. The van der Waals surface area contributed by atoms with E-state index in [0.29, 0.717) is 23.9 Å². The zero-order valence-corrected chi connectivity index (χ0v) is 23.6. The second kappa shape index (κ2) is 10.8. The van der Waals surface area contributed by atoms with Gasteiger partial charge in [0.25, 0.3) is 5.69 Å². The van der Waals surface area contributed by atoms with Gasteiger partial charge in [0.1, 0.15) is 5.69 Å². The molecular formula is C29H33N9O2. The summed E-state index contributed by atoms with van der Waals surface area (Å²) in [4.78, 5) is 24.7. The van der Waals surface area contributed by atoms with Crippen LogP contribution in [0.4, 0.5) is 23.0 Å². The van der Waals surface area contributed by atoms with Gasteiger partial charge in [-0.3, -0.25) is 14.8 Å². The van der Waals surface area contributed by atoms with Crippen LogP contribution in [-0.4, -0.2) is 68.4 Å². The Balaban J connectivity index is 1.46. The van der Waals surface area contributed by atoms with Crippen molar-refractivity contribution < 1.29 is 4.92 Å². The van der Waals surface area contributed by atoms with Crippen LogP contribution in [0.2, 0.25) is 0 Å². The summed E-state index contributed by atoms with van der Waals surface area (Å²) in [7, 11) is 9.75. The quantitative estimate of drug-likeness (QED) is 0.206. The van der Waals surface area contributed by atoms with Crippen molar-refractivity contribution in [2.24, 2.45) is 14.1 Å². The van der Waals surface area contributed by atoms with Gasteiger partial charge in [-0.05, 0) is 50.3 Å². The molecule has 0 spiro atoms. The molecule has 206 valence electrons. The summed E-state index contributed by atoms with van der Waals surface area (Å²) < 4.78 is 3.87. The maximum Gasteiger partial charge on any atom is 0.294 e. The maximum atomic E-state index is 12.0. The van der Waals surface area contributed by atoms with Crippen LogP contribution in [0.3, 0.4) is 0 Å². The second-order valence-electron chi connectivity index (χ2n) is 10.3. The molecular weight excluding hydrogens is 506 g/mol. The van der Waals surface area contributed by atoms with Gasteiger partial charge in [0, 0.05) is 80.9 Å². The highest BCUT2D eigenvalue weighted by molar-refractivity contribution is 5.97. The Labute approximate surface area is 232 Å². The molecule has 11 heteroatoms. The molecule has 0 aliphatic rings. The van der Waals surface area contributed by atoms with Crippen molar-refractivity contribution in [2.75, 3.05) is 44.4 Å². The van der Waals surface area contributed by atoms with E-state index in [0.717, 1.165) is 45.4 Å². The Hall–Kier alpha value is -4.77. The van der Waals surface area contributed by atoms with E-state index in [4.69, 9.17) is 4.98 Å². The van der Waals surface area contributed by atoms with E-state index < -0.39 is 0 Å². The molecule has 3 aromatic heterocycles. The number of rotatable bonds is 9. The lowest BCUT2D eigenvalue weighted by atomic mass is 10.0. The molecule has 0 saturated heterocycles. The van der Waals surface area contributed by atoms with Crippen molar-refractivity contribution in [3.8, 4) is 22.4 Å². The smallest absolute Gasteiger partial charge is 0.294 e. The summed E-state index contributed by atoms with van der Waals surface area (Å²) in [5.74, 6) is 0.368. The molecule has 0 atom stereocenters. The highest BCUT2D eigenvalue weighted by Gasteiger charge is 2.21. The van der Waals surface area contributed by atoms with Gasteiger partial charge in [-0.15, -0.1) is 0 Å². The van der Waals surface area contributed by atoms with Gasteiger partial charge in [0.15, 0.2) is 0 Å². The third-order valence-corrected chi connectivity index (χ3v) is 7.02. The van der Waals surface area contributed by atoms with Gasteiger partial charge < -0.3 is 19.7 Å². The molecule has 0 aliphatic heterocycles. The van der Waals surface area contributed by atoms with Crippen LogP contribution in [-0.2, 0) is 14.1 Å². The molecule has 0 radical (unpaired) electrons. The van der Waals surface area contributed by atoms with Crippen molar-refractivity contribution in [2.45, 2.75) is 6.92 Å². The van der Waals surface area contributed by atoms with Crippen LogP contribution in [0, 0.1) is 17.0 Å². The minimum Gasteiger partial charge on any atom is -0.368 e. The molecule has 3 heterocycles. The van der Waals surface area contributed by atoms with Crippen LogP contribution in [0.15, 0.2) is 61.2 Å². The SMILES string of the molecule is Cc1cc(N(C)CCN(C)C)c([N+](=O)[O-])cc1Nc1nccc(-c2cn(C)c3cc(-c4cnn(C)c4)ccc23)n1. The van der Waals surface area contributed by atoms with Gasteiger partial charge >= 0.3 is 0 Å². The number of aryl methyl sites for hydroxylation is 3. The maximum absolute atomic E-state index is 12.0. The van der Waals surface area contributed by atoms with E-state index >= 15 is 0 Å². The van der Waals surface area contributed by atoms with Crippen LogP contribution in [0.1, 0.15) is 5.56 Å². The first-order chi connectivity index (χ1) is 19.1. The fourth-order valence-corrected chi connectivity index (χ4v) is 4.77. The average molecular weight is 540 g/mol. The average Bonchev–Trinajstić information content (AvgIpc) is 3.51.